The molecule has 2 aromatic heterocycles. The van der Waals surface area contributed by atoms with Gasteiger partial charge in [-0.2, -0.15) is 0 Å². The maximum absolute atomic E-state index is 12.1. The molecule has 0 bridgehead atoms. The lowest BCUT2D eigenvalue weighted by molar-refractivity contribution is 0.0939. The van der Waals surface area contributed by atoms with Gasteiger partial charge in [0.1, 0.15) is 5.76 Å². The van der Waals surface area contributed by atoms with Gasteiger partial charge in [0, 0.05) is 19.1 Å². The molecule has 20 heavy (non-hydrogen) atoms. The highest BCUT2D eigenvalue weighted by atomic mass is 32.1. The minimum absolute atomic E-state index is 0.180. The second kappa shape index (κ2) is 5.76. The summed E-state index contributed by atoms with van der Waals surface area (Å²) in [4.78, 5) is 17.4. The van der Waals surface area contributed by atoms with Gasteiger partial charge in [-0.3, -0.25) is 4.79 Å². The van der Waals surface area contributed by atoms with Crippen molar-refractivity contribution in [3.8, 4) is 10.8 Å². The number of amides is 1. The number of oxazole rings is 1. The zero-order chi connectivity index (χ0) is 13.9. The summed E-state index contributed by atoms with van der Waals surface area (Å²) in [6.45, 7) is 3.89. The van der Waals surface area contributed by atoms with E-state index in [-0.39, 0.29) is 5.91 Å². The summed E-state index contributed by atoms with van der Waals surface area (Å²) in [7, 11) is 0. The maximum atomic E-state index is 12.1. The average molecular weight is 292 g/mol. The number of thiophene rings is 1. The lowest BCUT2D eigenvalue weighted by Gasteiger charge is -2.07. The molecule has 1 saturated heterocycles. The Bertz CT molecular complexity index is 586. The van der Waals surface area contributed by atoms with Crippen LogP contribution in [0.2, 0.25) is 0 Å². The van der Waals surface area contributed by atoms with Gasteiger partial charge in [0.25, 0.3) is 5.91 Å². The summed E-state index contributed by atoms with van der Waals surface area (Å²) < 4.78 is 10.9. The second-order valence-electron chi connectivity index (χ2n) is 4.84. The lowest BCUT2D eigenvalue weighted by Crippen LogP contribution is -2.30. The molecule has 0 saturated carbocycles. The third-order valence-electron chi connectivity index (χ3n) is 3.32. The molecule has 1 N–H and O–H groups in total. The molecule has 1 aliphatic heterocycles. The molecule has 3 rings (SSSR count). The third kappa shape index (κ3) is 2.76. The minimum atomic E-state index is -0.180. The number of nitrogens with zero attached hydrogens (tertiary/aromatic N) is 1. The summed E-state index contributed by atoms with van der Waals surface area (Å²) >= 11 is 1.54. The number of carbonyl (C=O) groups excluding carboxylic acids is 1. The summed E-state index contributed by atoms with van der Waals surface area (Å²) in [6, 6.07) is 3.85. The van der Waals surface area contributed by atoms with Crippen LogP contribution >= 0.6 is 11.3 Å². The summed E-state index contributed by atoms with van der Waals surface area (Å²) in [5.41, 5.74) is 0.368. The van der Waals surface area contributed by atoms with Crippen molar-refractivity contribution >= 4 is 17.2 Å². The van der Waals surface area contributed by atoms with Gasteiger partial charge in [0.15, 0.2) is 5.69 Å². The van der Waals surface area contributed by atoms with Crippen molar-refractivity contribution in [2.75, 3.05) is 19.8 Å². The first-order valence-corrected chi connectivity index (χ1v) is 7.49. The topological polar surface area (TPSA) is 64.4 Å². The van der Waals surface area contributed by atoms with Crippen LogP contribution in [-0.4, -0.2) is 30.6 Å². The number of carbonyl (C=O) groups is 1. The van der Waals surface area contributed by atoms with E-state index in [4.69, 9.17) is 9.15 Å². The van der Waals surface area contributed by atoms with Gasteiger partial charge in [0.2, 0.25) is 5.89 Å². The van der Waals surface area contributed by atoms with Crippen LogP contribution < -0.4 is 5.32 Å². The first kappa shape index (κ1) is 13.3. The average Bonchev–Trinajstić information content (AvgIpc) is 3.17. The molecular weight excluding hydrogens is 276 g/mol. The monoisotopic (exact) mass is 292 g/mol. The smallest absolute Gasteiger partial charge is 0.273 e. The van der Waals surface area contributed by atoms with Crippen molar-refractivity contribution in [1.82, 2.24) is 10.3 Å². The van der Waals surface area contributed by atoms with Crippen molar-refractivity contribution in [2.24, 2.45) is 5.92 Å². The zero-order valence-corrected chi connectivity index (χ0v) is 12.0. The molecule has 1 aliphatic rings. The Balaban J connectivity index is 1.68. The van der Waals surface area contributed by atoms with Gasteiger partial charge in [-0.15, -0.1) is 11.3 Å². The van der Waals surface area contributed by atoms with E-state index in [9.17, 15) is 4.79 Å². The first-order chi connectivity index (χ1) is 9.74. The normalized spacial score (nSPS) is 18.4. The lowest BCUT2D eigenvalue weighted by atomic mass is 10.1. The summed E-state index contributed by atoms with van der Waals surface area (Å²) in [6.07, 6.45) is 0.999. The number of hydrogen-bond donors (Lipinski definition) is 1. The molecule has 1 atom stereocenters. The van der Waals surface area contributed by atoms with Gasteiger partial charge in [-0.1, -0.05) is 6.07 Å². The number of hydrogen-bond acceptors (Lipinski definition) is 5. The van der Waals surface area contributed by atoms with E-state index >= 15 is 0 Å². The first-order valence-electron chi connectivity index (χ1n) is 6.61. The van der Waals surface area contributed by atoms with E-state index in [1.54, 1.807) is 6.92 Å². The molecule has 2 aromatic rings. The molecular formula is C14H16N2O3S. The van der Waals surface area contributed by atoms with Crippen molar-refractivity contribution in [3.05, 3.63) is 29.0 Å². The van der Waals surface area contributed by atoms with Crippen LogP contribution in [0.4, 0.5) is 0 Å². The van der Waals surface area contributed by atoms with E-state index in [0.29, 0.717) is 29.8 Å². The van der Waals surface area contributed by atoms with Crippen LogP contribution in [0.25, 0.3) is 10.8 Å². The predicted octanol–water partition coefficient (Wildman–Crippen LogP) is 2.48. The highest BCUT2D eigenvalue weighted by molar-refractivity contribution is 7.13. The number of ether oxygens (including phenoxy) is 1. The molecule has 106 valence electrons. The van der Waals surface area contributed by atoms with Crippen LogP contribution in [-0.2, 0) is 4.74 Å². The number of rotatable bonds is 4. The van der Waals surface area contributed by atoms with Crippen molar-refractivity contribution in [1.29, 1.82) is 0 Å². The third-order valence-corrected chi connectivity index (χ3v) is 4.18. The van der Waals surface area contributed by atoms with Crippen LogP contribution in [0.1, 0.15) is 22.7 Å². The minimum Gasteiger partial charge on any atom is -0.440 e. The number of aryl methyl sites for hydroxylation is 1. The SMILES string of the molecule is Cc1oc(-c2cccs2)nc1C(=O)NCC1CCOC1. The highest BCUT2D eigenvalue weighted by Crippen LogP contribution is 2.25. The maximum Gasteiger partial charge on any atom is 0.273 e. The quantitative estimate of drug-likeness (QED) is 0.940. The Kier molecular flexibility index (Phi) is 3.84. The molecule has 1 amide bonds. The Labute approximate surface area is 121 Å². The van der Waals surface area contributed by atoms with Gasteiger partial charge in [-0.05, 0) is 24.8 Å². The number of nitrogens with one attached hydrogen (secondary N) is 1. The van der Waals surface area contributed by atoms with Crippen LogP contribution in [0.5, 0.6) is 0 Å². The van der Waals surface area contributed by atoms with Crippen LogP contribution in [0.3, 0.4) is 0 Å². The standard InChI is InChI=1S/C14H16N2O3S/c1-9-12(13(17)15-7-10-4-5-18-8-10)16-14(19-9)11-3-2-6-20-11/h2-3,6,10H,4-5,7-8H2,1H3,(H,15,17). The molecule has 6 heteroatoms. The molecule has 0 spiro atoms. The highest BCUT2D eigenvalue weighted by Gasteiger charge is 2.21. The molecule has 0 aliphatic carbocycles. The Morgan fingerprint density at radius 2 is 2.50 bits per heavy atom. The second-order valence-corrected chi connectivity index (χ2v) is 5.79. The molecule has 0 radical (unpaired) electrons. The molecule has 5 nitrogen and oxygen atoms in total. The van der Waals surface area contributed by atoms with E-state index in [0.717, 1.165) is 24.5 Å². The number of aromatic nitrogens is 1. The molecule has 0 aromatic carbocycles. The van der Waals surface area contributed by atoms with E-state index < -0.39 is 0 Å². The fraction of sp³-hybridized carbons (Fsp3) is 0.429. The Morgan fingerprint density at radius 1 is 1.60 bits per heavy atom. The Morgan fingerprint density at radius 3 is 3.20 bits per heavy atom. The Hall–Kier alpha value is -1.66. The largest absolute Gasteiger partial charge is 0.440 e. The van der Waals surface area contributed by atoms with Gasteiger partial charge < -0.3 is 14.5 Å². The molecule has 1 fully saturated rings. The van der Waals surface area contributed by atoms with E-state index in [1.807, 2.05) is 17.5 Å². The van der Waals surface area contributed by atoms with Crippen molar-refractivity contribution in [3.63, 3.8) is 0 Å². The summed E-state index contributed by atoms with van der Waals surface area (Å²) in [5.74, 6) is 1.28. The van der Waals surface area contributed by atoms with Crippen LogP contribution in [0.15, 0.2) is 21.9 Å². The fourth-order valence-electron chi connectivity index (χ4n) is 2.18. The van der Waals surface area contributed by atoms with Crippen molar-refractivity contribution < 1.29 is 13.9 Å². The van der Waals surface area contributed by atoms with Crippen LogP contribution in [0, 0.1) is 12.8 Å². The van der Waals surface area contributed by atoms with E-state index in [1.165, 1.54) is 11.3 Å². The predicted molar refractivity (Wildman–Crippen MR) is 75.8 cm³/mol. The molecule has 1 unspecified atom stereocenters. The van der Waals surface area contributed by atoms with Crippen molar-refractivity contribution in [2.45, 2.75) is 13.3 Å². The van der Waals surface area contributed by atoms with Gasteiger partial charge in [0.05, 0.1) is 11.5 Å². The van der Waals surface area contributed by atoms with E-state index in [2.05, 4.69) is 10.3 Å². The summed E-state index contributed by atoms with van der Waals surface area (Å²) in [5, 5.41) is 4.86. The van der Waals surface area contributed by atoms with Gasteiger partial charge in [-0.25, -0.2) is 4.98 Å². The van der Waals surface area contributed by atoms with Gasteiger partial charge >= 0.3 is 0 Å². The fourth-order valence-corrected chi connectivity index (χ4v) is 2.83. The molecule has 3 heterocycles. The zero-order valence-electron chi connectivity index (χ0n) is 11.2.